The van der Waals surface area contributed by atoms with Gasteiger partial charge in [-0.25, -0.2) is 9.59 Å². The molecule has 2 rings (SSSR count). The number of carbonyl (C=O) groups is 3. The van der Waals surface area contributed by atoms with Crippen molar-refractivity contribution in [2.75, 3.05) is 18.5 Å². The highest BCUT2D eigenvalue weighted by Gasteiger charge is 2.16. The number of hydrogen-bond donors (Lipinski definition) is 1. The molecule has 0 saturated heterocycles. The number of benzene rings is 2. The summed E-state index contributed by atoms with van der Waals surface area (Å²) in [6, 6.07) is 9.84. The van der Waals surface area contributed by atoms with Crippen LogP contribution in [0.1, 0.15) is 56.0 Å². The fraction of sp³-hybridized carbons (Fsp3) is 0.286. The van der Waals surface area contributed by atoms with Crippen molar-refractivity contribution in [1.29, 1.82) is 0 Å². The fourth-order valence-corrected chi connectivity index (χ4v) is 2.67. The lowest BCUT2D eigenvalue weighted by molar-refractivity contribution is 0.0525. The van der Waals surface area contributed by atoms with Crippen molar-refractivity contribution in [3.8, 4) is 0 Å². The molecule has 0 aliphatic rings. The van der Waals surface area contributed by atoms with Gasteiger partial charge < -0.3 is 14.8 Å². The smallest absolute Gasteiger partial charge is 0.338 e. The molecule has 2 aromatic carbocycles. The van der Waals surface area contributed by atoms with Crippen LogP contribution >= 0.6 is 0 Å². The summed E-state index contributed by atoms with van der Waals surface area (Å²) in [5.41, 5.74) is 3.07. The van der Waals surface area contributed by atoms with E-state index in [1.165, 1.54) is 18.2 Å². The van der Waals surface area contributed by atoms with E-state index in [4.69, 9.17) is 9.47 Å². The van der Waals surface area contributed by atoms with E-state index < -0.39 is 11.9 Å². The molecule has 142 valence electrons. The Morgan fingerprint density at radius 2 is 1.22 bits per heavy atom. The number of ether oxygens (including phenoxy) is 2. The predicted octanol–water partition coefficient (Wildman–Crippen LogP) is 3.91. The minimum atomic E-state index is -0.578. The van der Waals surface area contributed by atoms with Gasteiger partial charge in [-0.15, -0.1) is 0 Å². The van der Waals surface area contributed by atoms with Crippen LogP contribution in [0.25, 0.3) is 0 Å². The van der Waals surface area contributed by atoms with Crippen molar-refractivity contribution in [1.82, 2.24) is 0 Å². The zero-order chi connectivity index (χ0) is 20.0. The minimum absolute atomic E-state index is 0.165. The lowest BCUT2D eigenvalue weighted by Gasteiger charge is -2.11. The molecule has 6 nitrogen and oxygen atoms in total. The molecule has 0 saturated carbocycles. The summed E-state index contributed by atoms with van der Waals surface area (Å²) in [5.74, 6) is -1.49. The summed E-state index contributed by atoms with van der Waals surface area (Å²) in [6.45, 7) is 7.60. The van der Waals surface area contributed by atoms with Gasteiger partial charge in [0.1, 0.15) is 0 Å². The molecule has 1 N–H and O–H groups in total. The number of esters is 2. The van der Waals surface area contributed by atoms with Gasteiger partial charge in [0.2, 0.25) is 0 Å². The number of rotatable bonds is 6. The molecule has 2 aromatic rings. The predicted molar refractivity (Wildman–Crippen MR) is 102 cm³/mol. The standard InChI is InChI=1S/C21H23NO5/c1-5-26-20(24)16-10-17(21(25)27-6-2)12-18(11-16)22-19(23)15-8-13(3)7-14(4)9-15/h7-12H,5-6H2,1-4H3,(H,22,23). The van der Waals surface area contributed by atoms with E-state index in [1.807, 2.05) is 19.9 Å². The second-order valence-electron chi connectivity index (χ2n) is 6.07. The van der Waals surface area contributed by atoms with E-state index in [0.717, 1.165) is 11.1 Å². The van der Waals surface area contributed by atoms with Crippen LogP contribution in [-0.2, 0) is 9.47 Å². The molecular weight excluding hydrogens is 346 g/mol. The van der Waals surface area contributed by atoms with Crippen molar-refractivity contribution in [2.24, 2.45) is 0 Å². The maximum atomic E-state index is 12.6. The number of aryl methyl sites for hydroxylation is 2. The summed E-state index contributed by atoms with van der Waals surface area (Å²) < 4.78 is 9.99. The summed E-state index contributed by atoms with van der Waals surface area (Å²) >= 11 is 0. The van der Waals surface area contributed by atoms with Crippen LogP contribution in [0, 0.1) is 13.8 Å². The first-order valence-electron chi connectivity index (χ1n) is 8.73. The number of carbonyl (C=O) groups excluding carboxylic acids is 3. The fourth-order valence-electron chi connectivity index (χ4n) is 2.67. The highest BCUT2D eigenvalue weighted by Crippen LogP contribution is 2.19. The number of hydrogen-bond acceptors (Lipinski definition) is 5. The van der Waals surface area contributed by atoms with Gasteiger partial charge in [-0.3, -0.25) is 4.79 Å². The Kier molecular flexibility index (Phi) is 6.71. The molecule has 6 heteroatoms. The van der Waals surface area contributed by atoms with Gasteiger partial charge in [-0.1, -0.05) is 17.2 Å². The Hall–Kier alpha value is -3.15. The average molecular weight is 369 g/mol. The highest BCUT2D eigenvalue weighted by atomic mass is 16.5. The van der Waals surface area contributed by atoms with Gasteiger partial charge in [-0.05, 0) is 58.0 Å². The molecule has 27 heavy (non-hydrogen) atoms. The van der Waals surface area contributed by atoms with Gasteiger partial charge in [0.25, 0.3) is 5.91 Å². The van der Waals surface area contributed by atoms with Gasteiger partial charge in [-0.2, -0.15) is 0 Å². The molecule has 0 aliphatic carbocycles. The summed E-state index contributed by atoms with van der Waals surface area (Å²) in [5, 5.41) is 2.73. The van der Waals surface area contributed by atoms with Crippen LogP contribution < -0.4 is 5.32 Å². The van der Waals surface area contributed by atoms with Gasteiger partial charge >= 0.3 is 11.9 Å². The van der Waals surface area contributed by atoms with Gasteiger partial charge in [0.15, 0.2) is 0 Å². The number of nitrogens with one attached hydrogen (secondary N) is 1. The van der Waals surface area contributed by atoms with E-state index in [0.29, 0.717) is 11.3 Å². The Labute approximate surface area is 158 Å². The lowest BCUT2D eigenvalue weighted by Crippen LogP contribution is -2.15. The number of amides is 1. The minimum Gasteiger partial charge on any atom is -0.462 e. The van der Waals surface area contributed by atoms with E-state index in [2.05, 4.69) is 5.32 Å². The molecule has 0 fully saturated rings. The monoisotopic (exact) mass is 369 g/mol. The molecule has 1 amide bonds. The Morgan fingerprint density at radius 1 is 0.741 bits per heavy atom. The molecule has 0 aromatic heterocycles. The topological polar surface area (TPSA) is 81.7 Å². The van der Waals surface area contributed by atoms with E-state index in [9.17, 15) is 14.4 Å². The maximum Gasteiger partial charge on any atom is 0.338 e. The van der Waals surface area contributed by atoms with E-state index in [-0.39, 0.29) is 30.2 Å². The Balaban J connectivity index is 2.37. The lowest BCUT2D eigenvalue weighted by atomic mass is 10.1. The van der Waals surface area contributed by atoms with Crippen molar-refractivity contribution >= 4 is 23.5 Å². The molecule has 0 aliphatic heterocycles. The molecule has 0 spiro atoms. The van der Waals surface area contributed by atoms with Crippen LogP contribution in [0.2, 0.25) is 0 Å². The first-order chi connectivity index (χ1) is 12.8. The van der Waals surface area contributed by atoms with Crippen LogP contribution in [0.5, 0.6) is 0 Å². The normalized spacial score (nSPS) is 10.2. The average Bonchev–Trinajstić information content (AvgIpc) is 2.61. The van der Waals surface area contributed by atoms with Crippen LogP contribution in [0.15, 0.2) is 36.4 Å². The van der Waals surface area contributed by atoms with Gasteiger partial charge in [0, 0.05) is 11.3 Å². The maximum absolute atomic E-state index is 12.6. The zero-order valence-corrected chi connectivity index (χ0v) is 15.9. The molecular formula is C21H23NO5. The van der Waals surface area contributed by atoms with E-state index >= 15 is 0 Å². The third-order valence-corrected chi connectivity index (χ3v) is 3.70. The molecule has 0 unspecified atom stereocenters. The first-order valence-corrected chi connectivity index (χ1v) is 8.73. The third-order valence-electron chi connectivity index (χ3n) is 3.70. The Bertz CT molecular complexity index is 816. The van der Waals surface area contributed by atoms with Crippen molar-refractivity contribution in [3.63, 3.8) is 0 Å². The van der Waals surface area contributed by atoms with Crippen LogP contribution in [0.3, 0.4) is 0 Å². The summed E-state index contributed by atoms with van der Waals surface area (Å²) in [7, 11) is 0. The molecule has 0 radical (unpaired) electrons. The highest BCUT2D eigenvalue weighted by molar-refractivity contribution is 6.06. The number of anilines is 1. The first kappa shape index (κ1) is 20.2. The van der Waals surface area contributed by atoms with Crippen LogP contribution in [0.4, 0.5) is 5.69 Å². The van der Waals surface area contributed by atoms with Crippen molar-refractivity contribution < 1.29 is 23.9 Å². The van der Waals surface area contributed by atoms with Crippen LogP contribution in [-0.4, -0.2) is 31.1 Å². The molecule has 0 atom stereocenters. The summed E-state index contributed by atoms with van der Waals surface area (Å²) in [4.78, 5) is 36.8. The summed E-state index contributed by atoms with van der Waals surface area (Å²) in [6.07, 6.45) is 0. The van der Waals surface area contributed by atoms with Crippen molar-refractivity contribution in [2.45, 2.75) is 27.7 Å². The second kappa shape index (κ2) is 8.98. The molecule has 0 bridgehead atoms. The SMILES string of the molecule is CCOC(=O)c1cc(NC(=O)c2cc(C)cc(C)c2)cc(C(=O)OCC)c1. The quantitative estimate of drug-likeness (QED) is 0.781. The van der Waals surface area contributed by atoms with Crippen molar-refractivity contribution in [3.05, 3.63) is 64.2 Å². The second-order valence-corrected chi connectivity index (χ2v) is 6.07. The third kappa shape index (κ3) is 5.41. The molecule has 0 heterocycles. The largest absolute Gasteiger partial charge is 0.462 e. The Morgan fingerprint density at radius 3 is 1.67 bits per heavy atom. The van der Waals surface area contributed by atoms with E-state index in [1.54, 1.807) is 26.0 Å². The zero-order valence-electron chi connectivity index (χ0n) is 15.9. The van der Waals surface area contributed by atoms with Gasteiger partial charge in [0.05, 0.1) is 24.3 Å².